The Balaban J connectivity index is 1.89. The minimum Gasteiger partial charge on any atom is -0.496 e. The number of benzene rings is 1. The van der Waals surface area contributed by atoms with Gasteiger partial charge in [-0.15, -0.1) is 0 Å². The summed E-state index contributed by atoms with van der Waals surface area (Å²) in [7, 11) is 1.66. The summed E-state index contributed by atoms with van der Waals surface area (Å²) in [4.78, 5) is 8.46. The first-order valence-electron chi connectivity index (χ1n) is 8.19. The quantitative estimate of drug-likeness (QED) is 0.714. The van der Waals surface area contributed by atoms with Crippen molar-refractivity contribution < 1.29 is 9.84 Å². The van der Waals surface area contributed by atoms with Crippen LogP contribution in [0.4, 0.5) is 0 Å². The monoisotopic (exact) mass is 341 g/mol. The van der Waals surface area contributed by atoms with E-state index >= 15 is 0 Å². The minimum atomic E-state index is -0.709. The molecular weight excluding hydrogens is 318 g/mol. The van der Waals surface area contributed by atoms with E-state index in [4.69, 9.17) is 4.74 Å². The molecule has 3 aromatic rings. The second-order valence-electron chi connectivity index (χ2n) is 6.63. The molecule has 2 aromatic heterocycles. The van der Waals surface area contributed by atoms with Crippen LogP contribution in [0.25, 0.3) is 11.4 Å². The standard InChI is InChI=1S/C18H23N5O2/c1-18(2,24)6-8-22-9-7-20-17(22)14-4-5-16(25-3)15(10-14)11-23-13-19-12-21-23/h4-5,7,9-10,12-13,24H,6,8,11H2,1-3H3. The van der Waals surface area contributed by atoms with E-state index in [2.05, 4.69) is 25.7 Å². The molecule has 2 heterocycles. The molecular formula is C18H23N5O2. The van der Waals surface area contributed by atoms with Crippen molar-refractivity contribution >= 4 is 0 Å². The molecule has 0 saturated heterocycles. The summed E-state index contributed by atoms with van der Waals surface area (Å²) in [5, 5.41) is 14.1. The van der Waals surface area contributed by atoms with E-state index in [1.54, 1.807) is 24.3 Å². The number of hydrogen-bond acceptors (Lipinski definition) is 5. The van der Waals surface area contributed by atoms with E-state index in [1.807, 2.05) is 32.2 Å². The van der Waals surface area contributed by atoms with Gasteiger partial charge < -0.3 is 14.4 Å². The van der Waals surface area contributed by atoms with Crippen LogP contribution in [0.15, 0.2) is 43.2 Å². The van der Waals surface area contributed by atoms with Gasteiger partial charge >= 0.3 is 0 Å². The highest BCUT2D eigenvalue weighted by Gasteiger charge is 2.15. The molecule has 25 heavy (non-hydrogen) atoms. The van der Waals surface area contributed by atoms with Crippen molar-refractivity contribution in [1.82, 2.24) is 24.3 Å². The zero-order chi connectivity index (χ0) is 17.9. The molecule has 0 unspecified atom stereocenters. The lowest BCUT2D eigenvalue weighted by atomic mass is 10.1. The van der Waals surface area contributed by atoms with Crippen molar-refractivity contribution in [2.45, 2.75) is 39.0 Å². The fourth-order valence-electron chi connectivity index (χ4n) is 2.67. The summed E-state index contributed by atoms with van der Waals surface area (Å²) < 4.78 is 9.27. The fraction of sp³-hybridized carbons (Fsp3) is 0.389. The average Bonchev–Trinajstić information content (AvgIpc) is 3.23. The Morgan fingerprint density at radius 1 is 1.28 bits per heavy atom. The van der Waals surface area contributed by atoms with Gasteiger partial charge in [-0.3, -0.25) is 0 Å². The Kier molecular flexibility index (Phi) is 4.85. The van der Waals surface area contributed by atoms with Gasteiger partial charge in [-0.2, -0.15) is 5.10 Å². The number of rotatable bonds is 7. The number of hydrogen-bond donors (Lipinski definition) is 1. The molecule has 1 aromatic carbocycles. The van der Waals surface area contributed by atoms with Crippen molar-refractivity contribution in [2.24, 2.45) is 0 Å². The summed E-state index contributed by atoms with van der Waals surface area (Å²) in [5.41, 5.74) is 1.29. The van der Waals surface area contributed by atoms with Gasteiger partial charge in [-0.25, -0.2) is 14.6 Å². The minimum absolute atomic E-state index is 0.571. The molecule has 0 spiro atoms. The Hall–Kier alpha value is -2.67. The van der Waals surface area contributed by atoms with Crippen LogP contribution in [0.5, 0.6) is 5.75 Å². The number of methoxy groups -OCH3 is 1. The summed E-state index contributed by atoms with van der Waals surface area (Å²) in [6.45, 7) is 4.89. The largest absolute Gasteiger partial charge is 0.496 e. The molecule has 3 rings (SSSR count). The topological polar surface area (TPSA) is 78.0 Å². The first-order valence-corrected chi connectivity index (χ1v) is 8.19. The number of imidazole rings is 1. The van der Waals surface area contributed by atoms with Crippen molar-refractivity contribution in [3.05, 3.63) is 48.8 Å². The van der Waals surface area contributed by atoms with Crippen molar-refractivity contribution in [3.63, 3.8) is 0 Å². The summed E-state index contributed by atoms with van der Waals surface area (Å²) in [5.74, 6) is 1.67. The van der Waals surface area contributed by atoms with Gasteiger partial charge in [0.25, 0.3) is 0 Å². The molecule has 7 heteroatoms. The van der Waals surface area contributed by atoms with Crippen molar-refractivity contribution in [3.8, 4) is 17.1 Å². The van der Waals surface area contributed by atoms with E-state index in [-0.39, 0.29) is 0 Å². The third kappa shape index (κ3) is 4.24. The van der Waals surface area contributed by atoms with Gasteiger partial charge in [0.05, 0.1) is 19.3 Å². The lowest BCUT2D eigenvalue weighted by molar-refractivity contribution is 0.0663. The van der Waals surface area contributed by atoms with E-state index in [1.165, 1.54) is 6.33 Å². The molecule has 1 N–H and O–H groups in total. The molecule has 7 nitrogen and oxygen atoms in total. The maximum Gasteiger partial charge on any atom is 0.139 e. The van der Waals surface area contributed by atoms with E-state index in [0.717, 1.165) is 22.7 Å². The first-order chi connectivity index (χ1) is 12.0. The number of aliphatic hydroxyl groups is 1. The summed E-state index contributed by atoms with van der Waals surface area (Å²) >= 11 is 0. The summed E-state index contributed by atoms with van der Waals surface area (Å²) in [6.07, 6.45) is 7.55. The van der Waals surface area contributed by atoms with Gasteiger partial charge in [0.1, 0.15) is 24.2 Å². The Labute approximate surface area is 146 Å². The van der Waals surface area contributed by atoms with E-state index in [9.17, 15) is 5.11 Å². The number of aryl methyl sites for hydroxylation is 1. The zero-order valence-electron chi connectivity index (χ0n) is 14.8. The average molecular weight is 341 g/mol. The Morgan fingerprint density at radius 2 is 2.12 bits per heavy atom. The lowest BCUT2D eigenvalue weighted by Crippen LogP contribution is -2.21. The SMILES string of the molecule is COc1ccc(-c2nccn2CCC(C)(C)O)cc1Cn1cncn1. The smallest absolute Gasteiger partial charge is 0.139 e. The molecule has 0 bridgehead atoms. The van der Waals surface area contributed by atoms with Crippen LogP contribution in [0.1, 0.15) is 25.8 Å². The van der Waals surface area contributed by atoms with Crippen molar-refractivity contribution in [2.75, 3.05) is 7.11 Å². The maximum absolute atomic E-state index is 9.97. The Bertz CT molecular complexity index is 818. The van der Waals surface area contributed by atoms with Crippen molar-refractivity contribution in [1.29, 1.82) is 0 Å². The van der Waals surface area contributed by atoms with Crippen LogP contribution >= 0.6 is 0 Å². The highest BCUT2D eigenvalue weighted by atomic mass is 16.5. The molecule has 132 valence electrons. The molecule has 0 aliphatic rings. The van der Waals surface area contributed by atoms with Gasteiger partial charge in [0, 0.05) is 30.1 Å². The first kappa shape index (κ1) is 17.2. The van der Waals surface area contributed by atoms with Crippen LogP contribution in [0, 0.1) is 0 Å². The van der Waals surface area contributed by atoms with Crippen LogP contribution in [-0.2, 0) is 13.1 Å². The van der Waals surface area contributed by atoms with Crippen LogP contribution in [-0.4, -0.2) is 42.1 Å². The zero-order valence-corrected chi connectivity index (χ0v) is 14.8. The lowest BCUT2D eigenvalue weighted by Gasteiger charge is -2.18. The highest BCUT2D eigenvalue weighted by Crippen LogP contribution is 2.27. The second kappa shape index (κ2) is 7.06. The molecule has 0 amide bonds. The molecule has 0 aliphatic carbocycles. The van der Waals surface area contributed by atoms with Crippen LogP contribution in [0.2, 0.25) is 0 Å². The third-order valence-corrected chi connectivity index (χ3v) is 4.02. The predicted octanol–water partition coefficient (Wildman–Crippen LogP) is 2.36. The molecule has 0 radical (unpaired) electrons. The number of ether oxygens (including phenoxy) is 1. The molecule has 0 fully saturated rings. The number of nitrogens with zero attached hydrogens (tertiary/aromatic N) is 5. The van der Waals surface area contributed by atoms with Crippen LogP contribution in [0.3, 0.4) is 0 Å². The summed E-state index contributed by atoms with van der Waals surface area (Å²) in [6, 6.07) is 5.99. The van der Waals surface area contributed by atoms with Gasteiger partial charge in [-0.05, 0) is 38.5 Å². The second-order valence-corrected chi connectivity index (χ2v) is 6.63. The fourth-order valence-corrected chi connectivity index (χ4v) is 2.67. The van der Waals surface area contributed by atoms with Gasteiger partial charge in [0.15, 0.2) is 0 Å². The van der Waals surface area contributed by atoms with Gasteiger partial charge in [0.2, 0.25) is 0 Å². The molecule has 0 saturated carbocycles. The Morgan fingerprint density at radius 3 is 2.80 bits per heavy atom. The predicted molar refractivity (Wildman–Crippen MR) is 94.3 cm³/mol. The highest BCUT2D eigenvalue weighted by molar-refractivity contribution is 5.59. The van der Waals surface area contributed by atoms with E-state index < -0.39 is 5.60 Å². The molecule has 0 atom stereocenters. The maximum atomic E-state index is 9.97. The van der Waals surface area contributed by atoms with Gasteiger partial charge in [-0.1, -0.05) is 0 Å². The number of aromatic nitrogens is 5. The van der Waals surface area contributed by atoms with E-state index in [0.29, 0.717) is 19.5 Å². The third-order valence-electron chi connectivity index (χ3n) is 4.02. The normalized spacial score (nSPS) is 11.7. The molecule has 0 aliphatic heterocycles. The van der Waals surface area contributed by atoms with Crippen LogP contribution < -0.4 is 4.74 Å².